The van der Waals surface area contributed by atoms with Crippen molar-refractivity contribution >= 4 is 23.2 Å². The number of thiophene rings is 1. The van der Waals surface area contributed by atoms with E-state index in [0.717, 1.165) is 10.4 Å². The second-order valence-electron chi connectivity index (χ2n) is 6.27. The molecule has 0 spiro atoms. The highest BCUT2D eigenvalue weighted by Gasteiger charge is 2.47. The first kappa shape index (κ1) is 16.8. The SMILES string of the molecule is O=C(c1ccc(-c2ccc3c(c2)OCCO3)s1)N1CCC(F)(C(=O)O)C1. The van der Waals surface area contributed by atoms with Crippen molar-refractivity contribution < 1.29 is 28.6 Å². The summed E-state index contributed by atoms with van der Waals surface area (Å²) >= 11 is 1.28. The zero-order valence-electron chi connectivity index (χ0n) is 13.7. The molecule has 1 fully saturated rings. The lowest BCUT2D eigenvalue weighted by molar-refractivity contribution is -0.149. The van der Waals surface area contributed by atoms with Gasteiger partial charge in [-0.05, 0) is 35.9 Å². The molecule has 0 bridgehead atoms. The summed E-state index contributed by atoms with van der Waals surface area (Å²) < 4.78 is 25.2. The largest absolute Gasteiger partial charge is 0.486 e. The topological polar surface area (TPSA) is 76.1 Å². The molecule has 3 heterocycles. The van der Waals surface area contributed by atoms with E-state index in [2.05, 4.69) is 0 Å². The molecular weight excluding hydrogens is 361 g/mol. The van der Waals surface area contributed by atoms with Gasteiger partial charge in [-0.25, -0.2) is 9.18 Å². The molecule has 1 amide bonds. The number of carbonyl (C=O) groups excluding carboxylic acids is 1. The van der Waals surface area contributed by atoms with Crippen molar-refractivity contribution in [2.45, 2.75) is 12.1 Å². The van der Waals surface area contributed by atoms with Crippen LogP contribution in [0.4, 0.5) is 4.39 Å². The Kier molecular flexibility index (Phi) is 4.07. The molecule has 0 saturated carbocycles. The van der Waals surface area contributed by atoms with Crippen LogP contribution in [0, 0.1) is 0 Å². The summed E-state index contributed by atoms with van der Waals surface area (Å²) in [5, 5.41) is 8.96. The Morgan fingerprint density at radius 2 is 1.92 bits per heavy atom. The minimum absolute atomic E-state index is 0.0961. The highest BCUT2D eigenvalue weighted by Crippen LogP contribution is 2.37. The number of carboxylic acid groups (broad SMARTS) is 1. The number of carbonyl (C=O) groups is 2. The van der Waals surface area contributed by atoms with Crippen LogP contribution in [-0.4, -0.2) is 53.9 Å². The monoisotopic (exact) mass is 377 g/mol. The molecule has 1 N–H and O–H groups in total. The predicted octanol–water partition coefficient (Wildman–Crippen LogP) is 2.83. The van der Waals surface area contributed by atoms with Gasteiger partial charge in [0.25, 0.3) is 5.91 Å². The maximum absolute atomic E-state index is 14.2. The zero-order chi connectivity index (χ0) is 18.3. The van der Waals surface area contributed by atoms with E-state index in [0.29, 0.717) is 29.6 Å². The van der Waals surface area contributed by atoms with E-state index in [1.165, 1.54) is 16.2 Å². The van der Waals surface area contributed by atoms with E-state index in [4.69, 9.17) is 14.6 Å². The van der Waals surface area contributed by atoms with Gasteiger partial charge in [-0.1, -0.05) is 0 Å². The number of likely N-dealkylation sites (tertiary alicyclic amines) is 1. The molecule has 1 aromatic heterocycles. The van der Waals surface area contributed by atoms with Crippen LogP contribution in [0.5, 0.6) is 11.5 Å². The van der Waals surface area contributed by atoms with Gasteiger partial charge in [0.1, 0.15) is 13.2 Å². The van der Waals surface area contributed by atoms with E-state index < -0.39 is 18.2 Å². The summed E-state index contributed by atoms with van der Waals surface area (Å²) in [6, 6.07) is 9.08. The number of hydrogen-bond donors (Lipinski definition) is 1. The number of ether oxygens (including phenoxy) is 2. The molecule has 2 aliphatic heterocycles. The summed E-state index contributed by atoms with van der Waals surface area (Å²) in [6.45, 7) is 0.692. The number of fused-ring (bicyclic) bond motifs is 1. The first-order chi connectivity index (χ1) is 12.5. The van der Waals surface area contributed by atoms with Gasteiger partial charge in [-0.2, -0.15) is 0 Å². The van der Waals surface area contributed by atoms with E-state index in [1.54, 1.807) is 6.07 Å². The van der Waals surface area contributed by atoms with Gasteiger partial charge in [0.2, 0.25) is 5.67 Å². The zero-order valence-corrected chi connectivity index (χ0v) is 14.6. The molecule has 1 atom stereocenters. The van der Waals surface area contributed by atoms with Crippen LogP contribution in [0.2, 0.25) is 0 Å². The minimum Gasteiger partial charge on any atom is -0.486 e. The van der Waals surface area contributed by atoms with E-state index >= 15 is 0 Å². The number of benzene rings is 1. The van der Waals surface area contributed by atoms with Crippen molar-refractivity contribution in [3.05, 3.63) is 35.2 Å². The molecule has 26 heavy (non-hydrogen) atoms. The number of aliphatic carboxylic acids is 1. The second-order valence-corrected chi connectivity index (χ2v) is 7.35. The highest BCUT2D eigenvalue weighted by molar-refractivity contribution is 7.17. The Balaban J connectivity index is 1.53. The molecule has 0 aliphatic carbocycles. The smallest absolute Gasteiger partial charge is 0.343 e. The Hall–Kier alpha value is -2.61. The van der Waals surface area contributed by atoms with Crippen LogP contribution >= 0.6 is 11.3 Å². The molecule has 4 rings (SSSR count). The highest BCUT2D eigenvalue weighted by atomic mass is 32.1. The molecule has 1 saturated heterocycles. The van der Waals surface area contributed by atoms with Crippen molar-refractivity contribution in [1.29, 1.82) is 0 Å². The molecule has 8 heteroatoms. The summed E-state index contributed by atoms with van der Waals surface area (Å²) in [5.74, 6) is -0.508. The Bertz CT molecular complexity index is 882. The van der Waals surface area contributed by atoms with Crippen LogP contribution in [0.1, 0.15) is 16.1 Å². The third-order valence-corrected chi connectivity index (χ3v) is 5.66. The summed E-state index contributed by atoms with van der Waals surface area (Å²) in [6.07, 6.45) is -0.186. The molecule has 2 aliphatic rings. The average molecular weight is 377 g/mol. The number of nitrogens with zero attached hydrogens (tertiary/aromatic N) is 1. The average Bonchev–Trinajstić information content (AvgIpc) is 3.29. The van der Waals surface area contributed by atoms with Gasteiger partial charge in [-0.15, -0.1) is 11.3 Å². The number of hydrogen-bond acceptors (Lipinski definition) is 5. The Morgan fingerprint density at radius 3 is 2.65 bits per heavy atom. The predicted molar refractivity (Wildman–Crippen MR) is 92.7 cm³/mol. The third kappa shape index (κ3) is 2.90. The fraction of sp³-hybridized carbons (Fsp3) is 0.333. The first-order valence-electron chi connectivity index (χ1n) is 8.18. The van der Waals surface area contributed by atoms with Crippen molar-refractivity contribution in [1.82, 2.24) is 4.90 Å². The molecule has 0 radical (unpaired) electrons. The van der Waals surface area contributed by atoms with Gasteiger partial charge in [-0.3, -0.25) is 4.79 Å². The lowest BCUT2D eigenvalue weighted by atomic mass is 10.1. The quantitative estimate of drug-likeness (QED) is 0.890. The molecule has 2 aromatic rings. The van der Waals surface area contributed by atoms with E-state index in [-0.39, 0.29) is 18.9 Å². The summed E-state index contributed by atoms with van der Waals surface area (Å²) in [7, 11) is 0. The molecule has 136 valence electrons. The van der Waals surface area contributed by atoms with Gasteiger partial charge in [0.05, 0.1) is 11.4 Å². The fourth-order valence-corrected chi connectivity index (χ4v) is 4.05. The molecule has 1 unspecified atom stereocenters. The number of alkyl halides is 1. The van der Waals surface area contributed by atoms with Crippen LogP contribution in [0.15, 0.2) is 30.3 Å². The first-order valence-corrected chi connectivity index (χ1v) is 8.99. The van der Waals surface area contributed by atoms with Gasteiger partial charge in [0.15, 0.2) is 11.5 Å². The maximum Gasteiger partial charge on any atom is 0.343 e. The standard InChI is InChI=1S/C18H16FNO5S/c19-18(17(22)23)5-6-20(10-18)16(21)15-4-3-14(26-15)11-1-2-12-13(9-11)25-8-7-24-12/h1-4,9H,5-8,10H2,(H,22,23). The second kappa shape index (κ2) is 6.28. The molecule has 1 aromatic carbocycles. The maximum atomic E-state index is 14.2. The minimum atomic E-state index is -2.36. The van der Waals surface area contributed by atoms with Gasteiger partial charge < -0.3 is 19.5 Å². The van der Waals surface area contributed by atoms with Crippen molar-refractivity contribution in [2.24, 2.45) is 0 Å². The molecular formula is C18H16FNO5S. The summed E-state index contributed by atoms with van der Waals surface area (Å²) in [5.41, 5.74) is -1.46. The fourth-order valence-electron chi connectivity index (χ4n) is 3.08. The van der Waals surface area contributed by atoms with Gasteiger partial charge >= 0.3 is 5.97 Å². The lowest BCUT2D eigenvalue weighted by Gasteiger charge is -2.18. The normalized spacial score (nSPS) is 21.7. The van der Waals surface area contributed by atoms with Crippen LogP contribution < -0.4 is 9.47 Å². The van der Waals surface area contributed by atoms with Crippen LogP contribution in [0.3, 0.4) is 0 Å². The van der Waals surface area contributed by atoms with E-state index in [9.17, 15) is 14.0 Å². The summed E-state index contributed by atoms with van der Waals surface area (Å²) in [4.78, 5) is 26.1. The number of carboxylic acids is 1. The Morgan fingerprint density at radius 1 is 1.15 bits per heavy atom. The third-order valence-electron chi connectivity index (χ3n) is 4.53. The molecule has 6 nitrogen and oxygen atoms in total. The van der Waals surface area contributed by atoms with Crippen LogP contribution in [0.25, 0.3) is 10.4 Å². The van der Waals surface area contributed by atoms with Crippen molar-refractivity contribution in [2.75, 3.05) is 26.3 Å². The number of amides is 1. The van der Waals surface area contributed by atoms with Crippen LogP contribution in [-0.2, 0) is 4.79 Å². The Labute approximate surface area is 152 Å². The lowest BCUT2D eigenvalue weighted by Crippen LogP contribution is -2.38. The number of rotatable bonds is 3. The van der Waals surface area contributed by atoms with E-state index in [1.807, 2.05) is 24.3 Å². The van der Waals surface area contributed by atoms with Crippen molar-refractivity contribution in [3.8, 4) is 21.9 Å². The number of halogens is 1. The van der Waals surface area contributed by atoms with Gasteiger partial charge in [0, 0.05) is 17.8 Å². The van der Waals surface area contributed by atoms with Crippen molar-refractivity contribution in [3.63, 3.8) is 0 Å².